The van der Waals surface area contributed by atoms with Gasteiger partial charge in [-0.05, 0) is 52.9 Å². The molecule has 0 aromatic carbocycles. The molecule has 2 heterocycles. The molecule has 3 aliphatic carbocycles. The van der Waals surface area contributed by atoms with Crippen molar-refractivity contribution in [2.75, 3.05) is 6.54 Å². The van der Waals surface area contributed by atoms with Crippen LogP contribution in [-0.4, -0.2) is 48.3 Å². The van der Waals surface area contributed by atoms with Crippen LogP contribution < -0.4 is 5.32 Å². The lowest BCUT2D eigenvalue weighted by molar-refractivity contribution is -0.179. The van der Waals surface area contributed by atoms with E-state index in [9.17, 15) is 14.4 Å². The zero-order chi connectivity index (χ0) is 20.6. The van der Waals surface area contributed by atoms with Crippen molar-refractivity contribution in [1.82, 2.24) is 5.32 Å². The zero-order valence-electron chi connectivity index (χ0n) is 17.4. The molecular weight excluding hydrogens is 374 g/mol. The minimum atomic E-state index is -0.643. The van der Waals surface area contributed by atoms with Crippen LogP contribution in [0.5, 0.6) is 0 Å². The van der Waals surface area contributed by atoms with Crippen LogP contribution in [0.25, 0.3) is 0 Å². The van der Waals surface area contributed by atoms with Gasteiger partial charge in [0.1, 0.15) is 17.8 Å². The first-order valence-electron chi connectivity index (χ1n) is 11.1. The van der Waals surface area contributed by atoms with Crippen molar-refractivity contribution >= 4 is 17.9 Å². The van der Waals surface area contributed by atoms with Crippen LogP contribution in [0.3, 0.4) is 0 Å². The Morgan fingerprint density at radius 2 is 1.86 bits per heavy atom. The van der Waals surface area contributed by atoms with Crippen LogP contribution in [-0.2, 0) is 28.6 Å². The van der Waals surface area contributed by atoms with Crippen molar-refractivity contribution < 1.29 is 28.6 Å². The fraction of sp³-hybridized carbons (Fsp3) is 0.864. The smallest absolute Gasteiger partial charge is 0.313 e. The van der Waals surface area contributed by atoms with Crippen LogP contribution in [0, 0.1) is 29.1 Å². The highest BCUT2D eigenvalue weighted by Gasteiger charge is 2.70. The van der Waals surface area contributed by atoms with E-state index >= 15 is 0 Å². The standard InChI is InChI=1S/C22H31NO6/c1-21(2,13-10-23-13)20(26)28-17-12-9-11-14(18(24)27-16(11)17)15(12)19(25)29-22(3)7-5-4-6-8-22/h11-17,23H,4-10H2,1-3H3. The summed E-state index contributed by atoms with van der Waals surface area (Å²) < 4.78 is 17.5. The quantitative estimate of drug-likeness (QED) is 0.424. The lowest BCUT2D eigenvalue weighted by Crippen LogP contribution is -2.47. The van der Waals surface area contributed by atoms with E-state index in [1.807, 2.05) is 20.8 Å². The lowest BCUT2D eigenvalue weighted by atomic mass is 9.78. The number of carbonyl (C=O) groups excluding carboxylic acids is 3. The normalized spacial score (nSPS) is 41.8. The second-order valence-electron chi connectivity index (χ2n) is 10.5. The average molecular weight is 405 g/mol. The summed E-state index contributed by atoms with van der Waals surface area (Å²) in [5, 5.41) is 3.17. The van der Waals surface area contributed by atoms with Crippen LogP contribution in [0.15, 0.2) is 0 Å². The van der Waals surface area contributed by atoms with Gasteiger partial charge in [0.05, 0.1) is 17.3 Å². The molecule has 29 heavy (non-hydrogen) atoms. The Morgan fingerprint density at radius 1 is 1.17 bits per heavy atom. The van der Waals surface area contributed by atoms with Gasteiger partial charge in [-0.1, -0.05) is 6.42 Å². The van der Waals surface area contributed by atoms with Gasteiger partial charge in [0, 0.05) is 24.4 Å². The molecule has 2 aliphatic heterocycles. The van der Waals surface area contributed by atoms with E-state index in [0.717, 1.165) is 32.2 Å². The van der Waals surface area contributed by atoms with Gasteiger partial charge in [0.25, 0.3) is 0 Å². The van der Waals surface area contributed by atoms with Gasteiger partial charge >= 0.3 is 17.9 Å². The van der Waals surface area contributed by atoms with Crippen molar-refractivity contribution in [1.29, 1.82) is 0 Å². The third-order valence-electron chi connectivity index (χ3n) is 8.12. The lowest BCUT2D eigenvalue weighted by Gasteiger charge is -2.37. The van der Waals surface area contributed by atoms with Crippen LogP contribution >= 0.6 is 0 Å². The third-order valence-corrected chi connectivity index (χ3v) is 8.12. The average Bonchev–Trinajstić information content (AvgIpc) is 3.32. The van der Waals surface area contributed by atoms with Crippen molar-refractivity contribution in [2.24, 2.45) is 29.1 Å². The predicted octanol–water partition coefficient (Wildman–Crippen LogP) is 1.97. The van der Waals surface area contributed by atoms with E-state index in [4.69, 9.17) is 14.2 Å². The van der Waals surface area contributed by atoms with Crippen LogP contribution in [0.1, 0.15) is 59.3 Å². The molecule has 5 fully saturated rings. The molecule has 0 radical (unpaired) electrons. The number of hydrogen-bond donors (Lipinski definition) is 1. The maximum Gasteiger partial charge on any atom is 0.313 e. The molecule has 0 spiro atoms. The number of carbonyl (C=O) groups is 3. The first-order valence-corrected chi connectivity index (χ1v) is 11.1. The Labute approximate surface area is 171 Å². The molecule has 2 bridgehead atoms. The van der Waals surface area contributed by atoms with Gasteiger partial charge in [-0.3, -0.25) is 14.4 Å². The molecule has 0 aromatic heterocycles. The van der Waals surface area contributed by atoms with Gasteiger partial charge < -0.3 is 19.5 Å². The highest BCUT2D eigenvalue weighted by Crippen LogP contribution is 2.59. The van der Waals surface area contributed by atoms with E-state index < -0.39 is 35.1 Å². The fourth-order valence-corrected chi connectivity index (χ4v) is 6.17. The molecule has 7 heteroatoms. The molecule has 5 aliphatic rings. The monoisotopic (exact) mass is 405 g/mol. The van der Waals surface area contributed by atoms with Gasteiger partial charge in [0.2, 0.25) is 0 Å². The molecule has 7 unspecified atom stereocenters. The predicted molar refractivity (Wildman–Crippen MR) is 101 cm³/mol. The Morgan fingerprint density at radius 3 is 2.52 bits per heavy atom. The van der Waals surface area contributed by atoms with E-state index in [1.54, 1.807) is 0 Å². The zero-order valence-corrected chi connectivity index (χ0v) is 17.4. The van der Waals surface area contributed by atoms with Crippen LogP contribution in [0.2, 0.25) is 0 Å². The summed E-state index contributed by atoms with van der Waals surface area (Å²) in [6.07, 6.45) is 4.70. The second kappa shape index (κ2) is 6.43. The third kappa shape index (κ3) is 2.99. The van der Waals surface area contributed by atoms with Crippen molar-refractivity contribution in [3.05, 3.63) is 0 Å². The summed E-state index contributed by atoms with van der Waals surface area (Å²) in [5.41, 5.74) is -1.10. The number of fused-ring (bicyclic) bond motifs is 1. The number of rotatable bonds is 5. The van der Waals surface area contributed by atoms with Crippen LogP contribution in [0.4, 0.5) is 0 Å². The molecule has 0 amide bonds. The Hall–Kier alpha value is -1.63. The Kier molecular flexibility index (Phi) is 4.29. The van der Waals surface area contributed by atoms with Crippen molar-refractivity contribution in [3.63, 3.8) is 0 Å². The first kappa shape index (κ1) is 19.3. The maximum absolute atomic E-state index is 13.2. The maximum atomic E-state index is 13.2. The molecular formula is C22H31NO6. The van der Waals surface area contributed by atoms with Gasteiger partial charge in [-0.2, -0.15) is 0 Å². The largest absolute Gasteiger partial charge is 0.459 e. The fourth-order valence-electron chi connectivity index (χ4n) is 6.17. The summed E-state index contributed by atoms with van der Waals surface area (Å²) in [6.45, 7) is 6.53. The summed E-state index contributed by atoms with van der Waals surface area (Å²) in [5.74, 6) is -2.20. The highest BCUT2D eigenvalue weighted by atomic mass is 16.6. The van der Waals surface area contributed by atoms with E-state index in [0.29, 0.717) is 6.42 Å². The number of nitrogens with one attached hydrogen (secondary N) is 1. The Balaban J connectivity index is 1.34. The molecule has 1 N–H and O–H groups in total. The minimum absolute atomic E-state index is 0.0517. The SMILES string of the molecule is CC1(OC(=O)C2C3CC4C(OC(=O)C42)C3OC(=O)C(C)(C)C2CN2)CCCCC1. The van der Waals surface area contributed by atoms with E-state index in [2.05, 4.69) is 5.32 Å². The number of esters is 3. The summed E-state index contributed by atoms with van der Waals surface area (Å²) in [4.78, 5) is 38.6. The van der Waals surface area contributed by atoms with Crippen molar-refractivity contribution in [3.8, 4) is 0 Å². The first-order chi connectivity index (χ1) is 13.7. The van der Waals surface area contributed by atoms with E-state index in [1.165, 1.54) is 6.42 Å². The van der Waals surface area contributed by atoms with Gasteiger partial charge in [-0.15, -0.1) is 0 Å². The van der Waals surface area contributed by atoms with E-state index in [-0.39, 0.29) is 35.8 Å². The highest BCUT2D eigenvalue weighted by molar-refractivity contribution is 5.86. The molecule has 5 rings (SSSR count). The number of hydrogen-bond acceptors (Lipinski definition) is 7. The molecule has 3 saturated carbocycles. The molecule has 7 atom stereocenters. The summed E-state index contributed by atoms with van der Waals surface area (Å²) >= 11 is 0. The number of ether oxygens (including phenoxy) is 3. The van der Waals surface area contributed by atoms with Gasteiger partial charge in [0.15, 0.2) is 0 Å². The Bertz CT molecular complexity index is 738. The van der Waals surface area contributed by atoms with Gasteiger partial charge in [-0.25, -0.2) is 0 Å². The molecule has 2 saturated heterocycles. The summed E-state index contributed by atoms with van der Waals surface area (Å²) in [6, 6.07) is 0.111. The molecule has 160 valence electrons. The minimum Gasteiger partial charge on any atom is -0.459 e. The summed E-state index contributed by atoms with van der Waals surface area (Å²) in [7, 11) is 0. The molecule has 0 aromatic rings. The topological polar surface area (TPSA) is 101 Å². The molecule has 7 nitrogen and oxygen atoms in total. The second-order valence-corrected chi connectivity index (χ2v) is 10.5. The van der Waals surface area contributed by atoms with Crippen molar-refractivity contribution in [2.45, 2.75) is 83.1 Å².